The number of aromatic nitrogens is 1. The van der Waals surface area contributed by atoms with Crippen LogP contribution in [0.15, 0.2) is 24.5 Å². The van der Waals surface area contributed by atoms with Crippen molar-refractivity contribution < 1.29 is 4.74 Å². The van der Waals surface area contributed by atoms with E-state index in [9.17, 15) is 0 Å². The van der Waals surface area contributed by atoms with Crippen LogP contribution in [0, 0.1) is 0 Å². The molecule has 1 N–H and O–H groups in total. The first-order chi connectivity index (χ1) is 7.79. The highest BCUT2D eigenvalue weighted by Gasteiger charge is 2.25. The summed E-state index contributed by atoms with van der Waals surface area (Å²) in [5.74, 6) is 0. The van der Waals surface area contributed by atoms with Gasteiger partial charge in [-0.15, -0.1) is 0 Å². The van der Waals surface area contributed by atoms with Gasteiger partial charge in [0.25, 0.3) is 0 Å². The third-order valence-corrected chi connectivity index (χ3v) is 3.41. The Kier molecular flexibility index (Phi) is 3.91. The fourth-order valence-electron chi connectivity index (χ4n) is 2.41. The Labute approximate surface area is 97.2 Å². The molecule has 1 fully saturated rings. The minimum Gasteiger partial charge on any atom is -0.381 e. The number of rotatable bonds is 4. The van der Waals surface area contributed by atoms with E-state index in [1.165, 1.54) is 18.4 Å². The van der Waals surface area contributed by atoms with E-state index in [1.807, 2.05) is 12.4 Å². The van der Waals surface area contributed by atoms with E-state index < -0.39 is 0 Å². The average Bonchev–Trinajstić information content (AvgIpc) is 2.78. The SMILES string of the molecule is COC1CCC(NC(C)c2ccncc2)C1. The Bertz CT molecular complexity index is 315. The molecule has 3 unspecified atom stereocenters. The van der Waals surface area contributed by atoms with Crippen LogP contribution in [0.1, 0.15) is 37.8 Å². The van der Waals surface area contributed by atoms with Crippen LogP contribution in [-0.2, 0) is 4.74 Å². The Morgan fingerprint density at radius 3 is 2.75 bits per heavy atom. The molecule has 3 heteroatoms. The second-order valence-corrected chi connectivity index (χ2v) is 4.54. The van der Waals surface area contributed by atoms with Gasteiger partial charge in [-0.3, -0.25) is 4.98 Å². The molecule has 0 amide bonds. The van der Waals surface area contributed by atoms with Crippen LogP contribution >= 0.6 is 0 Å². The molecule has 0 aliphatic heterocycles. The van der Waals surface area contributed by atoms with E-state index in [1.54, 1.807) is 7.11 Å². The van der Waals surface area contributed by atoms with Gasteiger partial charge in [-0.2, -0.15) is 0 Å². The largest absolute Gasteiger partial charge is 0.381 e. The number of nitrogens with one attached hydrogen (secondary N) is 1. The molecule has 0 bridgehead atoms. The summed E-state index contributed by atoms with van der Waals surface area (Å²) in [5.41, 5.74) is 1.30. The number of hydrogen-bond acceptors (Lipinski definition) is 3. The molecule has 1 saturated carbocycles. The molecule has 1 aliphatic rings. The summed E-state index contributed by atoms with van der Waals surface area (Å²) in [7, 11) is 1.80. The maximum absolute atomic E-state index is 5.38. The molecule has 0 aromatic carbocycles. The second-order valence-electron chi connectivity index (χ2n) is 4.54. The van der Waals surface area contributed by atoms with E-state index in [4.69, 9.17) is 4.74 Å². The number of nitrogens with zero attached hydrogens (tertiary/aromatic N) is 1. The van der Waals surface area contributed by atoms with Crippen molar-refractivity contribution in [2.24, 2.45) is 0 Å². The van der Waals surface area contributed by atoms with Gasteiger partial charge in [0.15, 0.2) is 0 Å². The van der Waals surface area contributed by atoms with Crippen LogP contribution in [0.5, 0.6) is 0 Å². The van der Waals surface area contributed by atoms with E-state index in [2.05, 4.69) is 29.4 Å². The molecular formula is C13H20N2O. The fourth-order valence-corrected chi connectivity index (χ4v) is 2.41. The molecule has 3 atom stereocenters. The summed E-state index contributed by atoms with van der Waals surface area (Å²) in [6, 6.07) is 5.12. The van der Waals surface area contributed by atoms with E-state index >= 15 is 0 Å². The van der Waals surface area contributed by atoms with Crippen LogP contribution in [0.3, 0.4) is 0 Å². The summed E-state index contributed by atoms with van der Waals surface area (Å²) < 4.78 is 5.38. The molecule has 16 heavy (non-hydrogen) atoms. The normalized spacial score (nSPS) is 26.9. The molecule has 1 heterocycles. The van der Waals surface area contributed by atoms with E-state index in [0.29, 0.717) is 18.2 Å². The summed E-state index contributed by atoms with van der Waals surface area (Å²) in [5, 5.41) is 3.65. The standard InChI is InChI=1S/C13H20N2O/c1-10(11-5-7-14-8-6-11)15-12-3-4-13(9-12)16-2/h5-8,10,12-13,15H,3-4,9H2,1-2H3. The molecule has 3 nitrogen and oxygen atoms in total. The lowest BCUT2D eigenvalue weighted by atomic mass is 10.1. The molecule has 1 aromatic heterocycles. The Morgan fingerprint density at radius 2 is 2.12 bits per heavy atom. The van der Waals surface area contributed by atoms with Crippen molar-refractivity contribution in [3.8, 4) is 0 Å². The first-order valence-electron chi connectivity index (χ1n) is 5.98. The van der Waals surface area contributed by atoms with Crippen LogP contribution in [0.2, 0.25) is 0 Å². The average molecular weight is 220 g/mol. The van der Waals surface area contributed by atoms with Gasteiger partial charge in [-0.05, 0) is 43.9 Å². The number of ether oxygens (including phenoxy) is 1. The van der Waals surface area contributed by atoms with Gasteiger partial charge in [0.1, 0.15) is 0 Å². The van der Waals surface area contributed by atoms with Crippen LogP contribution in [0.4, 0.5) is 0 Å². The van der Waals surface area contributed by atoms with Crippen molar-refractivity contribution in [2.75, 3.05) is 7.11 Å². The Morgan fingerprint density at radius 1 is 1.38 bits per heavy atom. The van der Waals surface area contributed by atoms with Crippen molar-refractivity contribution >= 4 is 0 Å². The molecule has 0 spiro atoms. The molecular weight excluding hydrogens is 200 g/mol. The Hall–Kier alpha value is -0.930. The first kappa shape index (κ1) is 11.6. The zero-order valence-electron chi connectivity index (χ0n) is 10.0. The number of methoxy groups -OCH3 is 1. The van der Waals surface area contributed by atoms with Gasteiger partial charge in [0.05, 0.1) is 6.10 Å². The summed E-state index contributed by atoms with van der Waals surface area (Å²) in [4.78, 5) is 4.04. The molecule has 0 radical (unpaired) electrons. The van der Waals surface area contributed by atoms with Gasteiger partial charge in [-0.25, -0.2) is 0 Å². The molecule has 88 valence electrons. The molecule has 0 saturated heterocycles. The highest BCUT2D eigenvalue weighted by molar-refractivity contribution is 5.14. The topological polar surface area (TPSA) is 34.1 Å². The lowest BCUT2D eigenvalue weighted by Gasteiger charge is -2.19. The predicted octanol–water partition coefficient (Wildman–Crippen LogP) is 2.30. The van der Waals surface area contributed by atoms with Crippen molar-refractivity contribution in [3.05, 3.63) is 30.1 Å². The highest BCUT2D eigenvalue weighted by Crippen LogP contribution is 2.24. The van der Waals surface area contributed by atoms with Crippen LogP contribution in [-0.4, -0.2) is 24.2 Å². The van der Waals surface area contributed by atoms with E-state index in [-0.39, 0.29) is 0 Å². The van der Waals surface area contributed by atoms with Crippen LogP contribution < -0.4 is 5.32 Å². The lowest BCUT2D eigenvalue weighted by molar-refractivity contribution is 0.106. The molecule has 1 aliphatic carbocycles. The van der Waals surface area contributed by atoms with Gasteiger partial charge >= 0.3 is 0 Å². The van der Waals surface area contributed by atoms with Crippen LogP contribution in [0.25, 0.3) is 0 Å². The third-order valence-electron chi connectivity index (χ3n) is 3.41. The summed E-state index contributed by atoms with van der Waals surface area (Å²) in [6.45, 7) is 2.20. The highest BCUT2D eigenvalue weighted by atomic mass is 16.5. The lowest BCUT2D eigenvalue weighted by Crippen LogP contribution is -2.29. The maximum atomic E-state index is 5.38. The zero-order chi connectivity index (χ0) is 11.4. The first-order valence-corrected chi connectivity index (χ1v) is 5.98. The predicted molar refractivity (Wildman–Crippen MR) is 64.2 cm³/mol. The van der Waals surface area contributed by atoms with Gasteiger partial charge < -0.3 is 10.1 Å². The van der Waals surface area contributed by atoms with Crippen molar-refractivity contribution in [1.82, 2.24) is 10.3 Å². The van der Waals surface area contributed by atoms with Crippen molar-refractivity contribution in [3.63, 3.8) is 0 Å². The fraction of sp³-hybridized carbons (Fsp3) is 0.615. The number of pyridine rings is 1. The van der Waals surface area contributed by atoms with Gasteiger partial charge in [-0.1, -0.05) is 0 Å². The van der Waals surface area contributed by atoms with Gasteiger partial charge in [0, 0.05) is 31.6 Å². The minimum atomic E-state index is 0.392. The summed E-state index contributed by atoms with van der Waals surface area (Å²) in [6.07, 6.45) is 7.67. The monoisotopic (exact) mass is 220 g/mol. The molecule has 2 rings (SSSR count). The minimum absolute atomic E-state index is 0.392. The second kappa shape index (κ2) is 5.41. The summed E-state index contributed by atoms with van der Waals surface area (Å²) >= 11 is 0. The van der Waals surface area contributed by atoms with Gasteiger partial charge in [0.2, 0.25) is 0 Å². The van der Waals surface area contributed by atoms with E-state index in [0.717, 1.165) is 6.42 Å². The zero-order valence-corrected chi connectivity index (χ0v) is 10.0. The third kappa shape index (κ3) is 2.80. The maximum Gasteiger partial charge on any atom is 0.0586 e. The van der Waals surface area contributed by atoms with Crippen molar-refractivity contribution in [2.45, 2.75) is 44.4 Å². The smallest absolute Gasteiger partial charge is 0.0586 e. The number of hydrogen-bond donors (Lipinski definition) is 1. The van der Waals surface area contributed by atoms with Crippen molar-refractivity contribution in [1.29, 1.82) is 0 Å². The molecule has 1 aromatic rings. The quantitative estimate of drug-likeness (QED) is 0.845. The Balaban J connectivity index is 1.86.